The van der Waals surface area contributed by atoms with Crippen LogP contribution in [0.25, 0.3) is 0 Å². The van der Waals surface area contributed by atoms with Gasteiger partial charge in [0.15, 0.2) is 0 Å². The molecule has 8 atom stereocenters. The van der Waals surface area contributed by atoms with Crippen LogP contribution in [0.2, 0.25) is 0 Å². The van der Waals surface area contributed by atoms with E-state index in [0.717, 1.165) is 18.4 Å². The summed E-state index contributed by atoms with van der Waals surface area (Å²) in [7, 11) is 6.21. The third kappa shape index (κ3) is 10.1. The van der Waals surface area contributed by atoms with Gasteiger partial charge in [-0.15, -0.1) is 0 Å². The molecule has 2 N–H and O–H groups in total. The van der Waals surface area contributed by atoms with Crippen molar-refractivity contribution in [1.29, 1.82) is 0 Å². The van der Waals surface area contributed by atoms with Crippen LogP contribution in [0.1, 0.15) is 72.3 Å². The lowest BCUT2D eigenvalue weighted by Crippen LogP contribution is -2.56. The molecule has 2 amide bonds. The maximum absolute atomic E-state index is 13.9. The summed E-state index contributed by atoms with van der Waals surface area (Å²) in [5.41, 5.74) is 7.17. The molecule has 254 valence electrons. The Morgan fingerprint density at radius 3 is 2.18 bits per heavy atom. The Balaban J connectivity index is 2.22. The highest BCUT2D eigenvalue weighted by Crippen LogP contribution is 2.30. The second-order valence-corrected chi connectivity index (χ2v) is 12.9. The Kier molecular flexibility index (Phi) is 15.6. The normalized spacial score (nSPS) is 19.7. The first kappa shape index (κ1) is 38.4. The van der Waals surface area contributed by atoms with Gasteiger partial charge in [-0.1, -0.05) is 71.4 Å². The molecule has 0 spiro atoms. The van der Waals surface area contributed by atoms with Crippen LogP contribution in [-0.2, 0) is 39.8 Å². The van der Waals surface area contributed by atoms with Crippen LogP contribution in [0.5, 0.6) is 0 Å². The number of Topliss-reactive ketones (excluding diaryl/α,β-unsaturated/α-hetero) is 1. The number of esters is 1. The van der Waals surface area contributed by atoms with Gasteiger partial charge < -0.3 is 29.7 Å². The van der Waals surface area contributed by atoms with Crippen molar-refractivity contribution in [1.82, 2.24) is 9.80 Å². The lowest BCUT2D eigenvalue weighted by molar-refractivity contribution is -0.149. The number of methoxy groups -OCH3 is 3. The molecule has 0 radical (unpaired) electrons. The zero-order valence-corrected chi connectivity index (χ0v) is 28.9. The molecule has 0 aromatic heterocycles. The maximum atomic E-state index is 13.9. The van der Waals surface area contributed by atoms with Gasteiger partial charge in [-0.3, -0.25) is 19.2 Å². The van der Waals surface area contributed by atoms with Crippen molar-refractivity contribution in [3.8, 4) is 0 Å². The standard InChI is InChI=1S/C35H57N3O7/c1-10-23(4)32(37(6)34(41)31(36)22(2)3)29(43-7)21-30(40)38-18-14-17-27(38)33(44-8)24(5)28(39)20-26(35(42)45-9)19-25-15-12-11-13-16-25/h11-13,15-16,22-24,26-27,29,31-33H,10,14,17-21,36H2,1-9H3/t23-,24-,26+,27-,29+,31-,32-,33+/m0/s1. The Labute approximate surface area is 270 Å². The Bertz CT molecular complexity index is 1100. The number of hydrogen-bond donors (Lipinski definition) is 1. The fourth-order valence-electron chi connectivity index (χ4n) is 6.59. The Morgan fingerprint density at radius 2 is 1.64 bits per heavy atom. The highest BCUT2D eigenvalue weighted by Gasteiger charge is 2.42. The first-order valence-electron chi connectivity index (χ1n) is 16.3. The van der Waals surface area contributed by atoms with Gasteiger partial charge in [0.05, 0.1) is 49.8 Å². The van der Waals surface area contributed by atoms with E-state index in [1.807, 2.05) is 51.1 Å². The molecule has 10 nitrogen and oxygen atoms in total. The van der Waals surface area contributed by atoms with Crippen molar-refractivity contribution >= 4 is 23.6 Å². The Morgan fingerprint density at radius 1 is 1.00 bits per heavy atom. The van der Waals surface area contributed by atoms with E-state index in [1.54, 1.807) is 31.1 Å². The number of amides is 2. The zero-order chi connectivity index (χ0) is 33.8. The average molecular weight is 632 g/mol. The van der Waals surface area contributed by atoms with E-state index in [2.05, 4.69) is 13.8 Å². The number of nitrogens with zero attached hydrogens (tertiary/aromatic N) is 2. The molecule has 2 rings (SSSR count). The zero-order valence-electron chi connectivity index (χ0n) is 28.9. The molecule has 1 aromatic rings. The second kappa shape index (κ2) is 18.4. The summed E-state index contributed by atoms with van der Waals surface area (Å²) in [5, 5.41) is 0. The minimum Gasteiger partial charge on any atom is -0.469 e. The van der Waals surface area contributed by atoms with Gasteiger partial charge in [0.25, 0.3) is 0 Å². The lowest BCUT2D eigenvalue weighted by Gasteiger charge is -2.40. The van der Waals surface area contributed by atoms with E-state index in [9.17, 15) is 19.2 Å². The van der Waals surface area contributed by atoms with E-state index in [0.29, 0.717) is 19.4 Å². The molecule has 1 fully saturated rings. The van der Waals surface area contributed by atoms with Crippen LogP contribution in [0, 0.1) is 23.7 Å². The Hall–Kier alpha value is -2.82. The number of nitrogens with two attached hydrogens (primary N) is 1. The number of carbonyl (C=O) groups is 4. The van der Waals surface area contributed by atoms with Gasteiger partial charge in [0, 0.05) is 40.2 Å². The summed E-state index contributed by atoms with van der Waals surface area (Å²) < 4.78 is 16.8. The number of likely N-dealkylation sites (tertiary alicyclic amines) is 1. The van der Waals surface area contributed by atoms with Crippen LogP contribution in [0.3, 0.4) is 0 Å². The largest absolute Gasteiger partial charge is 0.469 e. The van der Waals surface area contributed by atoms with Crippen LogP contribution < -0.4 is 5.73 Å². The lowest BCUT2D eigenvalue weighted by atomic mass is 9.85. The topological polar surface area (TPSA) is 128 Å². The molecule has 0 unspecified atom stereocenters. The molecule has 0 saturated carbocycles. The maximum Gasteiger partial charge on any atom is 0.309 e. The van der Waals surface area contributed by atoms with Crippen molar-refractivity contribution in [2.24, 2.45) is 29.4 Å². The quantitative estimate of drug-likeness (QED) is 0.242. The minimum absolute atomic E-state index is 0.0183. The van der Waals surface area contributed by atoms with Crippen LogP contribution in [0.15, 0.2) is 30.3 Å². The molecule has 0 aliphatic carbocycles. The molecule has 1 saturated heterocycles. The first-order valence-corrected chi connectivity index (χ1v) is 16.3. The van der Waals surface area contributed by atoms with E-state index in [4.69, 9.17) is 19.9 Å². The smallest absolute Gasteiger partial charge is 0.309 e. The van der Waals surface area contributed by atoms with Crippen LogP contribution in [-0.4, -0.2) is 98.6 Å². The van der Waals surface area contributed by atoms with Gasteiger partial charge >= 0.3 is 5.97 Å². The third-order valence-electron chi connectivity index (χ3n) is 9.66. The molecular weight excluding hydrogens is 574 g/mol. The fraction of sp³-hybridized carbons (Fsp3) is 0.714. The second-order valence-electron chi connectivity index (χ2n) is 12.9. The van der Waals surface area contributed by atoms with Crippen molar-refractivity contribution < 1.29 is 33.4 Å². The van der Waals surface area contributed by atoms with E-state index < -0.39 is 36.1 Å². The number of ether oxygens (including phenoxy) is 3. The third-order valence-corrected chi connectivity index (χ3v) is 9.66. The predicted molar refractivity (Wildman–Crippen MR) is 174 cm³/mol. The van der Waals surface area contributed by atoms with Crippen molar-refractivity contribution in [2.75, 3.05) is 34.9 Å². The molecule has 1 aromatic carbocycles. The summed E-state index contributed by atoms with van der Waals surface area (Å²) >= 11 is 0. The number of hydrogen-bond acceptors (Lipinski definition) is 8. The van der Waals surface area contributed by atoms with Gasteiger partial charge in [-0.25, -0.2) is 0 Å². The SMILES string of the molecule is CC[C@H](C)[C@@H]([C@@H](CC(=O)N1CCC[C@H]1[C@H](OC)[C@@H](C)C(=O)C[C@@H](Cc1ccccc1)C(=O)OC)OC)N(C)C(=O)[C@@H](N)C(C)C. The van der Waals surface area contributed by atoms with E-state index in [-0.39, 0.29) is 54.4 Å². The number of rotatable bonds is 18. The van der Waals surface area contributed by atoms with E-state index in [1.165, 1.54) is 7.11 Å². The average Bonchev–Trinajstić information content (AvgIpc) is 3.52. The highest BCUT2D eigenvalue weighted by molar-refractivity contribution is 5.87. The molecular formula is C35H57N3O7. The first-order chi connectivity index (χ1) is 21.3. The van der Waals surface area contributed by atoms with Gasteiger partial charge in [-0.2, -0.15) is 0 Å². The summed E-state index contributed by atoms with van der Waals surface area (Å²) in [5.74, 6) is -1.95. The molecule has 1 aliphatic heterocycles. The van der Waals surface area contributed by atoms with Gasteiger partial charge in [0.1, 0.15) is 5.78 Å². The summed E-state index contributed by atoms with van der Waals surface area (Å²) in [4.78, 5) is 56.8. The number of benzene rings is 1. The van der Waals surface area contributed by atoms with E-state index >= 15 is 0 Å². The molecule has 45 heavy (non-hydrogen) atoms. The predicted octanol–water partition coefficient (Wildman–Crippen LogP) is 3.88. The monoisotopic (exact) mass is 631 g/mol. The summed E-state index contributed by atoms with van der Waals surface area (Å²) in [6.45, 7) is 10.3. The minimum atomic E-state index is -0.648. The van der Waals surface area contributed by atoms with Crippen molar-refractivity contribution in [3.05, 3.63) is 35.9 Å². The fourth-order valence-corrected chi connectivity index (χ4v) is 6.59. The van der Waals surface area contributed by atoms with Crippen molar-refractivity contribution in [2.45, 2.75) is 103 Å². The van der Waals surface area contributed by atoms with Crippen molar-refractivity contribution in [3.63, 3.8) is 0 Å². The molecule has 0 bridgehead atoms. The molecule has 10 heteroatoms. The van der Waals surface area contributed by atoms with Crippen LogP contribution >= 0.6 is 0 Å². The van der Waals surface area contributed by atoms with Crippen LogP contribution in [0.4, 0.5) is 0 Å². The summed E-state index contributed by atoms with van der Waals surface area (Å²) in [6, 6.07) is 8.26. The number of ketones is 1. The van der Waals surface area contributed by atoms with Gasteiger partial charge in [0.2, 0.25) is 11.8 Å². The number of likely N-dealkylation sites (N-methyl/N-ethyl adjacent to an activating group) is 1. The highest BCUT2D eigenvalue weighted by atomic mass is 16.5. The number of carbonyl (C=O) groups excluding carboxylic acids is 4. The van der Waals surface area contributed by atoms with Gasteiger partial charge in [-0.05, 0) is 36.7 Å². The molecule has 1 heterocycles. The molecule has 1 aliphatic rings. The summed E-state index contributed by atoms with van der Waals surface area (Å²) in [6.07, 6.45) is 1.68.